The van der Waals surface area contributed by atoms with E-state index in [1.54, 1.807) is 36.4 Å². The standard InChI is InChI=1S/C29H27IN2O6/c1-4-36-25-16-20(15-24(30)26(25)38-18(2)3)14-23-27(33)31-29(35)32(28(23)34)21-10-12-22(13-11-21)37-17-19-8-6-5-7-9-19/h5-16,18H,4,17H2,1-3H3,(H,31,33,35)/b23-14+. The fourth-order valence-electron chi connectivity index (χ4n) is 3.78. The molecule has 4 rings (SSSR count). The van der Waals surface area contributed by atoms with E-state index >= 15 is 0 Å². The molecule has 196 valence electrons. The van der Waals surface area contributed by atoms with Gasteiger partial charge in [-0.1, -0.05) is 30.3 Å². The second kappa shape index (κ2) is 12.1. The topological polar surface area (TPSA) is 94.2 Å². The predicted octanol–water partition coefficient (Wildman–Crippen LogP) is 5.72. The van der Waals surface area contributed by atoms with E-state index in [1.807, 2.05) is 51.1 Å². The summed E-state index contributed by atoms with van der Waals surface area (Å²) in [5.41, 5.74) is 1.71. The number of hydrogen-bond donors (Lipinski definition) is 1. The van der Waals surface area contributed by atoms with Gasteiger partial charge in [0, 0.05) is 0 Å². The highest BCUT2D eigenvalue weighted by molar-refractivity contribution is 14.1. The molecule has 0 bridgehead atoms. The molecular weight excluding hydrogens is 599 g/mol. The van der Waals surface area contributed by atoms with Crippen LogP contribution in [0.3, 0.4) is 0 Å². The Kier molecular flexibility index (Phi) is 8.67. The number of carbonyl (C=O) groups is 3. The molecule has 1 heterocycles. The summed E-state index contributed by atoms with van der Waals surface area (Å²) in [7, 11) is 0. The molecule has 1 aliphatic heterocycles. The third-order valence-corrected chi connectivity index (χ3v) is 6.24. The van der Waals surface area contributed by atoms with Gasteiger partial charge in [0.1, 0.15) is 17.9 Å². The maximum absolute atomic E-state index is 13.3. The van der Waals surface area contributed by atoms with Crippen molar-refractivity contribution in [1.82, 2.24) is 5.32 Å². The van der Waals surface area contributed by atoms with Crippen LogP contribution in [0.5, 0.6) is 17.2 Å². The number of nitrogens with one attached hydrogen (secondary N) is 1. The molecule has 1 fully saturated rings. The SMILES string of the molecule is CCOc1cc(/C=C2\C(=O)NC(=O)N(c3ccc(OCc4ccccc4)cc3)C2=O)cc(I)c1OC(C)C. The van der Waals surface area contributed by atoms with Gasteiger partial charge in [-0.2, -0.15) is 0 Å². The van der Waals surface area contributed by atoms with Crippen LogP contribution in [0.2, 0.25) is 0 Å². The van der Waals surface area contributed by atoms with Crippen molar-refractivity contribution in [2.24, 2.45) is 0 Å². The molecule has 0 spiro atoms. The van der Waals surface area contributed by atoms with Crippen LogP contribution >= 0.6 is 22.6 Å². The van der Waals surface area contributed by atoms with Crippen molar-refractivity contribution in [3.05, 3.63) is 87.0 Å². The van der Waals surface area contributed by atoms with Gasteiger partial charge in [-0.05, 0) is 97.0 Å². The lowest BCUT2D eigenvalue weighted by Gasteiger charge is -2.26. The van der Waals surface area contributed by atoms with Crippen molar-refractivity contribution in [3.8, 4) is 17.2 Å². The van der Waals surface area contributed by atoms with E-state index < -0.39 is 17.8 Å². The molecule has 9 heteroatoms. The number of halogens is 1. The number of imide groups is 2. The van der Waals surface area contributed by atoms with Crippen molar-refractivity contribution in [1.29, 1.82) is 0 Å². The van der Waals surface area contributed by atoms with E-state index in [1.165, 1.54) is 6.08 Å². The average Bonchev–Trinajstić information content (AvgIpc) is 2.88. The highest BCUT2D eigenvalue weighted by Gasteiger charge is 2.37. The quantitative estimate of drug-likeness (QED) is 0.186. The van der Waals surface area contributed by atoms with Gasteiger partial charge in [-0.15, -0.1) is 0 Å². The van der Waals surface area contributed by atoms with Gasteiger partial charge in [0.25, 0.3) is 11.8 Å². The second-order valence-electron chi connectivity index (χ2n) is 8.66. The van der Waals surface area contributed by atoms with E-state index in [4.69, 9.17) is 14.2 Å². The van der Waals surface area contributed by atoms with Gasteiger partial charge >= 0.3 is 6.03 Å². The number of hydrogen-bond acceptors (Lipinski definition) is 6. The number of urea groups is 1. The van der Waals surface area contributed by atoms with Crippen molar-refractivity contribution >= 4 is 52.2 Å². The minimum Gasteiger partial charge on any atom is -0.490 e. The van der Waals surface area contributed by atoms with Gasteiger partial charge < -0.3 is 14.2 Å². The summed E-state index contributed by atoms with van der Waals surface area (Å²) in [5, 5.41) is 2.25. The minimum absolute atomic E-state index is 0.0627. The lowest BCUT2D eigenvalue weighted by Crippen LogP contribution is -2.54. The summed E-state index contributed by atoms with van der Waals surface area (Å²) in [6.45, 7) is 6.49. The number of anilines is 1. The van der Waals surface area contributed by atoms with Crippen LogP contribution in [0, 0.1) is 3.57 Å². The Bertz CT molecular complexity index is 1370. The molecule has 1 N–H and O–H groups in total. The van der Waals surface area contributed by atoms with E-state index in [0.29, 0.717) is 41.7 Å². The Balaban J connectivity index is 1.58. The molecule has 0 atom stereocenters. The summed E-state index contributed by atoms with van der Waals surface area (Å²) in [5.74, 6) is 0.177. The van der Waals surface area contributed by atoms with Gasteiger partial charge in [-0.3, -0.25) is 14.9 Å². The maximum Gasteiger partial charge on any atom is 0.335 e. The fourth-order valence-corrected chi connectivity index (χ4v) is 4.53. The van der Waals surface area contributed by atoms with Crippen LogP contribution in [0.4, 0.5) is 10.5 Å². The van der Waals surface area contributed by atoms with Crippen LogP contribution in [-0.4, -0.2) is 30.6 Å². The largest absolute Gasteiger partial charge is 0.490 e. The Morgan fingerprint density at radius 1 is 0.974 bits per heavy atom. The van der Waals surface area contributed by atoms with E-state index in [0.717, 1.165) is 14.0 Å². The van der Waals surface area contributed by atoms with Gasteiger partial charge in [0.15, 0.2) is 11.5 Å². The summed E-state index contributed by atoms with van der Waals surface area (Å²) in [4.78, 5) is 39.6. The first-order chi connectivity index (χ1) is 18.3. The van der Waals surface area contributed by atoms with Gasteiger partial charge in [0.2, 0.25) is 0 Å². The number of benzene rings is 3. The first kappa shape index (κ1) is 27.2. The van der Waals surface area contributed by atoms with Crippen molar-refractivity contribution < 1.29 is 28.6 Å². The van der Waals surface area contributed by atoms with Gasteiger partial charge in [0.05, 0.1) is 22.0 Å². The van der Waals surface area contributed by atoms with Crippen LogP contribution in [0.1, 0.15) is 31.9 Å². The molecule has 0 saturated carbocycles. The third-order valence-electron chi connectivity index (χ3n) is 5.44. The van der Waals surface area contributed by atoms with Crippen LogP contribution < -0.4 is 24.4 Å². The first-order valence-corrected chi connectivity index (χ1v) is 13.2. The predicted molar refractivity (Wildman–Crippen MR) is 152 cm³/mol. The number of amides is 4. The zero-order valence-electron chi connectivity index (χ0n) is 21.2. The summed E-state index contributed by atoms with van der Waals surface area (Å²) >= 11 is 2.12. The molecule has 3 aromatic carbocycles. The molecular formula is C29H27IN2O6. The van der Waals surface area contributed by atoms with Gasteiger partial charge in [-0.25, -0.2) is 9.69 Å². The highest BCUT2D eigenvalue weighted by Crippen LogP contribution is 2.36. The monoisotopic (exact) mass is 626 g/mol. The number of carbonyl (C=O) groups excluding carboxylic acids is 3. The second-order valence-corrected chi connectivity index (χ2v) is 9.82. The molecule has 8 nitrogen and oxygen atoms in total. The zero-order valence-corrected chi connectivity index (χ0v) is 23.4. The Hall–Kier alpha value is -3.86. The molecule has 3 aromatic rings. The lowest BCUT2D eigenvalue weighted by molar-refractivity contribution is -0.122. The van der Waals surface area contributed by atoms with E-state index in [-0.39, 0.29) is 11.7 Å². The number of ether oxygens (including phenoxy) is 3. The van der Waals surface area contributed by atoms with Crippen molar-refractivity contribution in [3.63, 3.8) is 0 Å². The summed E-state index contributed by atoms with van der Waals surface area (Å²) < 4.78 is 18.2. The molecule has 1 aliphatic rings. The normalized spacial score (nSPS) is 14.6. The van der Waals surface area contributed by atoms with Crippen molar-refractivity contribution in [2.45, 2.75) is 33.5 Å². The maximum atomic E-state index is 13.3. The highest BCUT2D eigenvalue weighted by atomic mass is 127. The molecule has 0 unspecified atom stereocenters. The number of nitrogens with zero attached hydrogens (tertiary/aromatic N) is 1. The summed E-state index contributed by atoms with van der Waals surface area (Å²) in [6, 6.07) is 18.9. The molecule has 0 radical (unpaired) electrons. The molecule has 38 heavy (non-hydrogen) atoms. The smallest absolute Gasteiger partial charge is 0.335 e. The van der Waals surface area contributed by atoms with E-state index in [2.05, 4.69) is 27.9 Å². The lowest BCUT2D eigenvalue weighted by atomic mass is 10.1. The molecule has 0 aliphatic carbocycles. The third kappa shape index (κ3) is 6.34. The fraction of sp³-hybridized carbons (Fsp3) is 0.207. The van der Waals surface area contributed by atoms with Crippen LogP contribution in [-0.2, 0) is 16.2 Å². The summed E-state index contributed by atoms with van der Waals surface area (Å²) in [6.07, 6.45) is 1.38. The number of rotatable bonds is 9. The minimum atomic E-state index is -0.819. The molecule has 0 aromatic heterocycles. The molecule has 1 saturated heterocycles. The Morgan fingerprint density at radius 2 is 1.68 bits per heavy atom. The van der Waals surface area contributed by atoms with Crippen LogP contribution in [0.25, 0.3) is 6.08 Å². The zero-order chi connectivity index (χ0) is 27.2. The number of barbiturate groups is 1. The Labute approximate surface area is 234 Å². The van der Waals surface area contributed by atoms with E-state index in [9.17, 15) is 14.4 Å². The Morgan fingerprint density at radius 3 is 2.34 bits per heavy atom. The van der Waals surface area contributed by atoms with Crippen molar-refractivity contribution in [2.75, 3.05) is 11.5 Å². The molecule has 4 amide bonds. The van der Waals surface area contributed by atoms with Crippen LogP contribution in [0.15, 0.2) is 72.3 Å². The first-order valence-electron chi connectivity index (χ1n) is 12.1. The average molecular weight is 626 g/mol.